The van der Waals surface area contributed by atoms with Crippen molar-refractivity contribution >= 4 is 40.2 Å². The van der Waals surface area contributed by atoms with E-state index in [4.69, 9.17) is 19.4 Å². The van der Waals surface area contributed by atoms with Gasteiger partial charge in [-0.25, -0.2) is 19.4 Å². The molecule has 0 bridgehead atoms. The Morgan fingerprint density at radius 3 is 2.56 bits per heavy atom. The third-order valence-electron chi connectivity index (χ3n) is 8.26. The Morgan fingerprint density at radius 2 is 1.77 bits per heavy atom. The number of morpholine rings is 1. The lowest BCUT2D eigenvalue weighted by Crippen LogP contribution is -2.39. The number of ether oxygens (including phenoxy) is 2. The van der Waals surface area contributed by atoms with Gasteiger partial charge in [0.2, 0.25) is 0 Å². The Labute approximate surface area is 255 Å². The van der Waals surface area contributed by atoms with Gasteiger partial charge in [0.1, 0.15) is 23.1 Å². The molecule has 0 atom stereocenters. The highest BCUT2D eigenvalue weighted by Gasteiger charge is 2.29. The molecule has 0 unspecified atom stereocenters. The molecule has 0 N–H and O–H groups in total. The van der Waals surface area contributed by atoms with Crippen LogP contribution in [0.1, 0.15) is 46.7 Å². The molecule has 3 aliphatic heterocycles. The zero-order valence-electron chi connectivity index (χ0n) is 24.4. The van der Waals surface area contributed by atoms with Gasteiger partial charge >= 0.3 is 6.09 Å². The second-order valence-corrected chi connectivity index (χ2v) is 12.2. The molecule has 2 aromatic carbocycles. The highest BCUT2D eigenvalue weighted by Crippen LogP contribution is 2.35. The fraction of sp³-hybridized carbons (Fsp3) is 0.364. The summed E-state index contributed by atoms with van der Waals surface area (Å²) in [6, 6.07) is 18.2. The van der Waals surface area contributed by atoms with Crippen LogP contribution in [0.25, 0.3) is 22.8 Å². The van der Waals surface area contributed by atoms with Gasteiger partial charge in [0, 0.05) is 38.8 Å². The smallest absolute Gasteiger partial charge is 0.410 e. The van der Waals surface area contributed by atoms with Crippen molar-refractivity contribution in [3.8, 4) is 0 Å². The van der Waals surface area contributed by atoms with Gasteiger partial charge in [0.05, 0.1) is 41.4 Å². The quantitative estimate of drug-likeness (QED) is 0.285. The van der Waals surface area contributed by atoms with Crippen LogP contribution >= 0.6 is 11.3 Å². The number of thiazole rings is 1. The maximum absolute atomic E-state index is 12.7. The zero-order valence-corrected chi connectivity index (χ0v) is 25.3. The number of imidazole rings is 1. The van der Waals surface area contributed by atoms with Crippen LogP contribution in [0.4, 0.5) is 4.79 Å². The molecule has 5 heterocycles. The van der Waals surface area contributed by atoms with Crippen molar-refractivity contribution in [3.05, 3.63) is 93.3 Å². The summed E-state index contributed by atoms with van der Waals surface area (Å²) in [5.41, 5.74) is 6.65. The fourth-order valence-corrected chi connectivity index (χ4v) is 7.04. The number of benzene rings is 2. The van der Waals surface area contributed by atoms with Gasteiger partial charge in [-0.1, -0.05) is 55.0 Å². The largest absolute Gasteiger partial charge is 0.445 e. The summed E-state index contributed by atoms with van der Waals surface area (Å²) in [5.74, 6) is 1.04. The van der Waals surface area contributed by atoms with Crippen LogP contribution in [0.2, 0.25) is 0 Å². The molecule has 0 aliphatic carbocycles. The minimum atomic E-state index is -0.244. The number of fused-ring (bicyclic) bond motifs is 2. The molecule has 4 aromatic rings. The Kier molecular flexibility index (Phi) is 7.86. The van der Waals surface area contributed by atoms with E-state index < -0.39 is 0 Å². The van der Waals surface area contributed by atoms with E-state index in [1.54, 1.807) is 11.3 Å². The summed E-state index contributed by atoms with van der Waals surface area (Å²) < 4.78 is 13.5. The van der Waals surface area contributed by atoms with Crippen molar-refractivity contribution in [2.45, 2.75) is 39.3 Å². The van der Waals surface area contributed by atoms with Crippen molar-refractivity contribution in [1.82, 2.24) is 24.4 Å². The summed E-state index contributed by atoms with van der Waals surface area (Å²) in [4.78, 5) is 28.2. The first-order valence-electron chi connectivity index (χ1n) is 15.1. The van der Waals surface area contributed by atoms with Crippen LogP contribution in [-0.4, -0.2) is 69.9 Å². The van der Waals surface area contributed by atoms with E-state index in [0.29, 0.717) is 32.9 Å². The molecular weight excluding hydrogens is 560 g/mol. The van der Waals surface area contributed by atoms with Crippen LogP contribution in [0.3, 0.4) is 0 Å². The van der Waals surface area contributed by atoms with Crippen molar-refractivity contribution in [1.29, 1.82) is 0 Å². The number of aromatic nitrogens is 3. The first-order valence-corrected chi connectivity index (χ1v) is 15.9. The Morgan fingerprint density at radius 1 is 1.00 bits per heavy atom. The van der Waals surface area contributed by atoms with Gasteiger partial charge in [-0.2, -0.15) is 0 Å². The first-order chi connectivity index (χ1) is 21.2. The van der Waals surface area contributed by atoms with Crippen LogP contribution in [0.15, 0.2) is 66.4 Å². The van der Waals surface area contributed by atoms with Crippen LogP contribution in [0, 0.1) is 0 Å². The Bertz CT molecular complexity index is 1660. The minimum absolute atomic E-state index is 0.244. The van der Waals surface area contributed by atoms with Gasteiger partial charge in [0.25, 0.3) is 0 Å². The van der Waals surface area contributed by atoms with Gasteiger partial charge in [-0.05, 0) is 36.6 Å². The Hall–Kier alpha value is -4.15. The lowest BCUT2D eigenvalue weighted by Gasteiger charge is -2.35. The predicted molar refractivity (Wildman–Crippen MR) is 169 cm³/mol. The molecule has 43 heavy (non-hydrogen) atoms. The van der Waals surface area contributed by atoms with Crippen LogP contribution < -0.4 is 5.01 Å². The summed E-state index contributed by atoms with van der Waals surface area (Å²) in [6.07, 6.45) is 6.73. The van der Waals surface area contributed by atoms with E-state index in [2.05, 4.69) is 52.0 Å². The molecule has 7 rings (SSSR count). The highest BCUT2D eigenvalue weighted by atomic mass is 32.1. The summed E-state index contributed by atoms with van der Waals surface area (Å²) in [5, 5.41) is 3.32. The van der Waals surface area contributed by atoms with E-state index in [-0.39, 0.29) is 6.09 Å². The van der Waals surface area contributed by atoms with E-state index in [1.807, 2.05) is 41.3 Å². The lowest BCUT2D eigenvalue weighted by atomic mass is 10.0. The van der Waals surface area contributed by atoms with Crippen LogP contribution in [0.5, 0.6) is 0 Å². The van der Waals surface area contributed by atoms with Gasteiger partial charge in [-0.15, -0.1) is 11.3 Å². The molecule has 222 valence electrons. The number of hydrogen-bond donors (Lipinski definition) is 0. The molecule has 2 aromatic heterocycles. The average molecular weight is 597 g/mol. The second-order valence-electron chi connectivity index (χ2n) is 11.0. The number of amides is 1. The van der Waals surface area contributed by atoms with Crippen LogP contribution in [-0.2, 0) is 29.0 Å². The van der Waals surface area contributed by atoms with Crippen molar-refractivity contribution < 1.29 is 14.3 Å². The van der Waals surface area contributed by atoms with E-state index in [9.17, 15) is 4.79 Å². The number of likely N-dealkylation sites (tertiary alicyclic amines) is 1. The first kappa shape index (κ1) is 27.7. The van der Waals surface area contributed by atoms with Gasteiger partial charge < -0.3 is 19.3 Å². The number of hydrogen-bond acceptors (Lipinski definition) is 8. The molecule has 2 saturated heterocycles. The number of nitrogens with zero attached hydrogens (tertiary/aromatic N) is 6. The fourth-order valence-electron chi connectivity index (χ4n) is 5.98. The average Bonchev–Trinajstić information content (AvgIpc) is 3.65. The number of para-hydroxylation sites is 2. The number of piperidine rings is 1. The molecule has 2 fully saturated rings. The minimum Gasteiger partial charge on any atom is -0.445 e. The molecule has 9 nitrogen and oxygen atoms in total. The SMILES string of the molecule is CCc1nc2ccccc2n1N1C=C(N2CCOCC2)c2nc(C=C3CCN(C(=O)OCc4ccccc4)CC3)sc2C1. The molecule has 3 aliphatic rings. The maximum Gasteiger partial charge on any atom is 0.410 e. The third kappa shape index (κ3) is 5.77. The highest BCUT2D eigenvalue weighted by molar-refractivity contribution is 7.12. The summed E-state index contributed by atoms with van der Waals surface area (Å²) in [7, 11) is 0. The van der Waals surface area contributed by atoms with Crippen molar-refractivity contribution in [3.63, 3.8) is 0 Å². The molecule has 0 radical (unpaired) electrons. The van der Waals surface area contributed by atoms with E-state index in [1.165, 1.54) is 10.5 Å². The third-order valence-corrected chi connectivity index (χ3v) is 9.25. The second kappa shape index (κ2) is 12.2. The predicted octanol–water partition coefficient (Wildman–Crippen LogP) is 5.65. The molecule has 0 saturated carbocycles. The summed E-state index contributed by atoms with van der Waals surface area (Å²) in [6.45, 7) is 7.62. The number of carbonyl (C=O) groups excluding carboxylic acids is 1. The molecule has 10 heteroatoms. The van der Waals surface area contributed by atoms with E-state index in [0.717, 1.165) is 77.7 Å². The number of aryl methyl sites for hydroxylation is 1. The lowest BCUT2D eigenvalue weighted by molar-refractivity contribution is 0.0636. The van der Waals surface area contributed by atoms with E-state index >= 15 is 0 Å². The zero-order chi connectivity index (χ0) is 29.2. The number of rotatable bonds is 6. The van der Waals surface area contributed by atoms with Gasteiger partial charge in [-0.3, -0.25) is 5.01 Å². The normalized spacial score (nSPS) is 17.2. The topological polar surface area (TPSA) is 76.0 Å². The maximum atomic E-state index is 12.7. The van der Waals surface area contributed by atoms with Crippen molar-refractivity contribution in [2.75, 3.05) is 44.4 Å². The van der Waals surface area contributed by atoms with Gasteiger partial charge in [0.15, 0.2) is 0 Å². The molecular formula is C33H36N6O3S. The summed E-state index contributed by atoms with van der Waals surface area (Å²) >= 11 is 1.76. The molecule has 0 spiro atoms. The Balaban J connectivity index is 1.10. The molecule has 1 amide bonds. The standard InChI is InChI=1S/C33H36N6O3S/c1-2-30-34-26-10-6-7-11-27(26)39(30)38-21-28(36-16-18-41-19-17-36)32-29(22-38)43-31(35-32)20-24-12-14-37(15-13-24)33(40)42-23-25-8-4-3-5-9-25/h3-11,20-21H,2,12-19,22-23H2,1H3. The number of carbonyl (C=O) groups is 1. The monoisotopic (exact) mass is 596 g/mol. The van der Waals surface area contributed by atoms with Crippen molar-refractivity contribution in [2.24, 2.45) is 0 Å².